The van der Waals surface area contributed by atoms with E-state index in [0.717, 1.165) is 6.20 Å². The zero-order valence-electron chi connectivity index (χ0n) is 11.7. The van der Waals surface area contributed by atoms with Crippen LogP contribution in [-0.4, -0.2) is 57.1 Å². The second kappa shape index (κ2) is 6.49. The normalized spacial score (nSPS) is 32.1. The van der Waals surface area contributed by atoms with E-state index < -0.39 is 48.8 Å². The maximum atomic E-state index is 12.7. The highest BCUT2D eigenvalue weighted by Gasteiger charge is 2.46. The number of anilines is 1. The van der Waals surface area contributed by atoms with Crippen LogP contribution in [0.15, 0.2) is 12.4 Å². The van der Waals surface area contributed by atoms with Gasteiger partial charge in [-0.2, -0.15) is 13.2 Å². The molecule has 0 aromatic carbocycles. The Bertz CT molecular complexity index is 545. The number of aliphatic hydroxyl groups is 2. The molecule has 23 heavy (non-hydrogen) atoms. The Morgan fingerprint density at radius 1 is 1.22 bits per heavy atom. The molecule has 6 nitrogen and oxygen atoms in total. The Labute approximate surface area is 127 Å². The van der Waals surface area contributed by atoms with Crippen LogP contribution in [0.4, 0.5) is 27.8 Å². The average molecular weight is 343 g/mol. The van der Waals surface area contributed by atoms with Gasteiger partial charge < -0.3 is 20.3 Å². The molecule has 0 spiro atoms. The summed E-state index contributed by atoms with van der Waals surface area (Å²) < 4.78 is 68.0. The van der Waals surface area contributed by atoms with E-state index in [2.05, 4.69) is 15.3 Å². The first-order chi connectivity index (χ1) is 10.6. The SMILES string of the molecule is CC1O[C@H](C(F)F)[C@H](O)[C@H](O)[C@H]1Nc1cncc(C(F)(F)F)n1. The summed E-state index contributed by atoms with van der Waals surface area (Å²) in [7, 11) is 0. The van der Waals surface area contributed by atoms with Crippen LogP contribution in [0.3, 0.4) is 0 Å². The van der Waals surface area contributed by atoms with Crippen molar-refractivity contribution in [2.24, 2.45) is 0 Å². The van der Waals surface area contributed by atoms with Crippen LogP contribution in [0, 0.1) is 0 Å². The number of hydrogen-bond donors (Lipinski definition) is 3. The van der Waals surface area contributed by atoms with E-state index in [0.29, 0.717) is 6.20 Å². The minimum absolute atomic E-state index is 0.331. The van der Waals surface area contributed by atoms with Gasteiger partial charge in [0.05, 0.1) is 24.5 Å². The summed E-state index contributed by atoms with van der Waals surface area (Å²) in [5.74, 6) is -0.331. The molecule has 2 heterocycles. The molecule has 0 bridgehead atoms. The van der Waals surface area contributed by atoms with Crippen molar-refractivity contribution in [3.05, 3.63) is 18.1 Å². The van der Waals surface area contributed by atoms with E-state index >= 15 is 0 Å². The van der Waals surface area contributed by atoms with E-state index in [1.165, 1.54) is 6.92 Å². The maximum absolute atomic E-state index is 12.7. The molecule has 0 aliphatic carbocycles. The Hall–Kier alpha value is -1.59. The number of alkyl halides is 5. The van der Waals surface area contributed by atoms with Crippen LogP contribution in [0.25, 0.3) is 0 Å². The summed E-state index contributed by atoms with van der Waals surface area (Å²) in [6, 6.07) is -1.14. The quantitative estimate of drug-likeness (QED) is 0.711. The van der Waals surface area contributed by atoms with Gasteiger partial charge >= 0.3 is 6.18 Å². The molecule has 0 amide bonds. The van der Waals surface area contributed by atoms with Crippen molar-refractivity contribution in [1.82, 2.24) is 9.97 Å². The van der Waals surface area contributed by atoms with Crippen molar-refractivity contribution < 1.29 is 36.9 Å². The van der Waals surface area contributed by atoms with Gasteiger partial charge in [-0.3, -0.25) is 4.98 Å². The largest absolute Gasteiger partial charge is 0.434 e. The fourth-order valence-electron chi connectivity index (χ4n) is 2.25. The van der Waals surface area contributed by atoms with Crippen LogP contribution >= 0.6 is 0 Å². The number of rotatable bonds is 3. The zero-order valence-corrected chi connectivity index (χ0v) is 11.7. The van der Waals surface area contributed by atoms with Gasteiger partial charge in [-0.1, -0.05) is 0 Å². The first kappa shape index (κ1) is 17.8. The fraction of sp³-hybridized carbons (Fsp3) is 0.667. The summed E-state index contributed by atoms with van der Waals surface area (Å²) >= 11 is 0. The van der Waals surface area contributed by atoms with E-state index in [4.69, 9.17) is 4.74 Å². The van der Waals surface area contributed by atoms with E-state index in [1.54, 1.807) is 0 Å². The van der Waals surface area contributed by atoms with E-state index in [9.17, 15) is 32.2 Å². The molecular formula is C12H14F5N3O3. The smallest absolute Gasteiger partial charge is 0.388 e. The van der Waals surface area contributed by atoms with Crippen LogP contribution in [0.1, 0.15) is 12.6 Å². The molecule has 3 N–H and O–H groups in total. The van der Waals surface area contributed by atoms with Crippen molar-refractivity contribution in [2.75, 3.05) is 5.32 Å². The maximum Gasteiger partial charge on any atom is 0.434 e. The number of hydrogen-bond acceptors (Lipinski definition) is 6. The highest BCUT2D eigenvalue weighted by Crippen LogP contribution is 2.29. The fourth-order valence-corrected chi connectivity index (χ4v) is 2.25. The van der Waals surface area contributed by atoms with Gasteiger partial charge in [0.15, 0.2) is 5.69 Å². The molecule has 1 unspecified atom stereocenters. The Morgan fingerprint density at radius 2 is 1.87 bits per heavy atom. The number of halogens is 5. The molecular weight excluding hydrogens is 329 g/mol. The van der Waals surface area contributed by atoms with Gasteiger partial charge in [0.2, 0.25) is 0 Å². The molecule has 1 aliphatic heterocycles. The van der Waals surface area contributed by atoms with Crippen LogP contribution in [0.5, 0.6) is 0 Å². The third-order valence-electron chi connectivity index (χ3n) is 3.42. The predicted molar refractivity (Wildman–Crippen MR) is 66.8 cm³/mol. The topological polar surface area (TPSA) is 87.5 Å². The van der Waals surface area contributed by atoms with Crippen LogP contribution < -0.4 is 5.32 Å². The van der Waals surface area contributed by atoms with Gasteiger partial charge in [0.25, 0.3) is 6.43 Å². The van der Waals surface area contributed by atoms with Gasteiger partial charge in [-0.15, -0.1) is 0 Å². The Balaban J connectivity index is 2.17. The highest BCUT2D eigenvalue weighted by atomic mass is 19.4. The first-order valence-electron chi connectivity index (χ1n) is 6.56. The van der Waals surface area contributed by atoms with Gasteiger partial charge in [-0.05, 0) is 6.92 Å². The van der Waals surface area contributed by atoms with Crippen molar-refractivity contribution in [2.45, 2.75) is 50.0 Å². The summed E-state index contributed by atoms with van der Waals surface area (Å²) in [6.07, 6.45) is -12.7. The standard InChI is InChI=1S/C12H14F5N3O3/c1-4-7(8(21)9(22)10(23-4)11(13)14)20-6-3-18-2-5(19-6)12(15,16)17/h2-4,7-11,21-22H,1H3,(H,19,20)/t4?,7-,8+,9+,10-/m0/s1. The molecule has 1 fully saturated rings. The van der Waals surface area contributed by atoms with E-state index in [1.807, 2.05) is 0 Å². The third-order valence-corrected chi connectivity index (χ3v) is 3.42. The Kier molecular flexibility index (Phi) is 5.01. The number of aliphatic hydroxyl groups excluding tert-OH is 2. The zero-order chi connectivity index (χ0) is 17.4. The summed E-state index contributed by atoms with van der Waals surface area (Å²) in [4.78, 5) is 6.67. The minimum atomic E-state index is -4.71. The first-order valence-corrected chi connectivity index (χ1v) is 6.56. The molecule has 1 saturated heterocycles. The van der Waals surface area contributed by atoms with Crippen molar-refractivity contribution in [1.29, 1.82) is 0 Å². The van der Waals surface area contributed by atoms with Crippen molar-refractivity contribution in [3.8, 4) is 0 Å². The summed E-state index contributed by atoms with van der Waals surface area (Å²) in [5.41, 5.74) is -1.26. The average Bonchev–Trinajstić information content (AvgIpc) is 2.46. The lowest BCUT2D eigenvalue weighted by Crippen LogP contribution is -2.61. The number of ether oxygens (including phenoxy) is 1. The van der Waals surface area contributed by atoms with Crippen LogP contribution in [0.2, 0.25) is 0 Å². The molecule has 0 saturated carbocycles. The van der Waals surface area contributed by atoms with Gasteiger partial charge in [0.1, 0.15) is 24.1 Å². The number of nitrogens with one attached hydrogen (secondary N) is 1. The second-order valence-corrected chi connectivity index (χ2v) is 5.08. The second-order valence-electron chi connectivity index (χ2n) is 5.08. The highest BCUT2D eigenvalue weighted by molar-refractivity contribution is 5.35. The van der Waals surface area contributed by atoms with Crippen molar-refractivity contribution >= 4 is 5.82 Å². The van der Waals surface area contributed by atoms with E-state index in [-0.39, 0.29) is 5.82 Å². The van der Waals surface area contributed by atoms with Gasteiger partial charge in [-0.25, -0.2) is 13.8 Å². The molecule has 1 aromatic heterocycles. The molecule has 11 heteroatoms. The Morgan fingerprint density at radius 3 is 2.43 bits per heavy atom. The molecule has 1 aromatic rings. The molecule has 1 aliphatic rings. The summed E-state index contributed by atoms with van der Waals surface area (Å²) in [5, 5.41) is 22.0. The van der Waals surface area contributed by atoms with Crippen LogP contribution in [-0.2, 0) is 10.9 Å². The van der Waals surface area contributed by atoms with Crippen molar-refractivity contribution in [3.63, 3.8) is 0 Å². The number of aromatic nitrogens is 2. The monoisotopic (exact) mass is 343 g/mol. The minimum Gasteiger partial charge on any atom is -0.388 e. The molecule has 2 rings (SSSR count). The van der Waals surface area contributed by atoms with Gasteiger partial charge in [0, 0.05) is 0 Å². The number of nitrogens with zero attached hydrogens (tertiary/aromatic N) is 2. The predicted octanol–water partition coefficient (Wildman–Crippen LogP) is 1.05. The summed E-state index contributed by atoms with van der Waals surface area (Å²) in [6.45, 7) is 1.34. The third kappa shape index (κ3) is 3.85. The lowest BCUT2D eigenvalue weighted by molar-refractivity contribution is -0.207. The molecule has 0 radical (unpaired) electrons. The lowest BCUT2D eigenvalue weighted by atomic mass is 9.93. The molecule has 130 valence electrons. The molecule has 5 atom stereocenters. The lowest BCUT2D eigenvalue weighted by Gasteiger charge is -2.41.